The van der Waals surface area contributed by atoms with E-state index in [1.54, 1.807) is 19.1 Å². The first-order chi connectivity index (χ1) is 15.2. The lowest BCUT2D eigenvalue weighted by molar-refractivity contribution is -0.137. The molecule has 1 saturated carbocycles. The van der Waals surface area contributed by atoms with E-state index in [9.17, 15) is 18.0 Å². The van der Waals surface area contributed by atoms with E-state index < -0.39 is 23.7 Å². The molecule has 164 valence electrons. The second-order valence-corrected chi connectivity index (χ2v) is 7.89. The predicted octanol–water partition coefficient (Wildman–Crippen LogP) is 4.57. The van der Waals surface area contributed by atoms with Gasteiger partial charge in [0.1, 0.15) is 6.07 Å². The van der Waals surface area contributed by atoms with Gasteiger partial charge in [-0.3, -0.25) is 4.79 Å². The van der Waals surface area contributed by atoms with E-state index in [1.807, 2.05) is 6.07 Å². The highest BCUT2D eigenvalue weighted by atomic mass is 35.5. The maximum Gasteiger partial charge on any atom is 0.416 e. The Morgan fingerprint density at radius 1 is 1.31 bits per heavy atom. The van der Waals surface area contributed by atoms with Crippen LogP contribution in [-0.4, -0.2) is 25.7 Å². The molecule has 7 nitrogen and oxygen atoms in total. The van der Waals surface area contributed by atoms with Crippen molar-refractivity contribution in [2.45, 2.75) is 37.9 Å². The molecule has 2 aromatic heterocycles. The average Bonchev–Trinajstić information content (AvgIpc) is 3.51. The number of halogens is 4. The zero-order valence-corrected chi connectivity index (χ0v) is 17.4. The molecule has 1 aromatic carbocycles. The number of carbonyl (C=O) groups is 1. The molecule has 1 amide bonds. The number of benzene rings is 1. The van der Waals surface area contributed by atoms with Gasteiger partial charge in [0.05, 0.1) is 17.2 Å². The molecule has 0 saturated heterocycles. The second kappa shape index (κ2) is 8.24. The van der Waals surface area contributed by atoms with Crippen molar-refractivity contribution in [3.05, 3.63) is 69.9 Å². The summed E-state index contributed by atoms with van der Waals surface area (Å²) in [7, 11) is 0. The number of nitrogens with one attached hydrogen (secondary N) is 1. The van der Waals surface area contributed by atoms with Crippen molar-refractivity contribution in [2.75, 3.05) is 0 Å². The lowest BCUT2D eigenvalue weighted by atomic mass is 10.1. The first kappa shape index (κ1) is 21.8. The van der Waals surface area contributed by atoms with Crippen LogP contribution in [0.1, 0.15) is 64.9 Å². The number of pyridine rings is 1. The zero-order chi connectivity index (χ0) is 23.0. The van der Waals surface area contributed by atoms with Crippen LogP contribution in [0, 0.1) is 11.3 Å². The van der Waals surface area contributed by atoms with E-state index in [4.69, 9.17) is 16.9 Å². The fraction of sp³-hybridized carbons (Fsp3) is 0.286. The maximum absolute atomic E-state index is 13.1. The molecule has 1 fully saturated rings. The third kappa shape index (κ3) is 4.57. The van der Waals surface area contributed by atoms with Gasteiger partial charge in [-0.25, -0.2) is 9.97 Å². The molecule has 1 atom stereocenters. The summed E-state index contributed by atoms with van der Waals surface area (Å²) in [5, 5.41) is 15.9. The molecule has 1 N–H and O–H groups in total. The Kier molecular flexibility index (Phi) is 5.60. The molecular formula is C21H16ClF3N6O. The smallest absolute Gasteiger partial charge is 0.342 e. The molecule has 0 bridgehead atoms. The van der Waals surface area contributed by atoms with Crippen molar-refractivity contribution in [1.29, 1.82) is 5.26 Å². The summed E-state index contributed by atoms with van der Waals surface area (Å²) in [4.78, 5) is 21.5. The molecule has 1 aliphatic rings. The van der Waals surface area contributed by atoms with E-state index >= 15 is 0 Å². The summed E-state index contributed by atoms with van der Waals surface area (Å²) in [6.07, 6.45) is -1.33. The number of nitrogens with zero attached hydrogens (tertiary/aromatic N) is 5. The Bertz CT molecular complexity index is 1210. The summed E-state index contributed by atoms with van der Waals surface area (Å²) in [6.45, 7) is 1.65. The van der Waals surface area contributed by atoms with Gasteiger partial charge >= 0.3 is 6.18 Å². The molecule has 32 heavy (non-hydrogen) atoms. The highest BCUT2D eigenvalue weighted by molar-refractivity contribution is 6.31. The quantitative estimate of drug-likeness (QED) is 0.601. The van der Waals surface area contributed by atoms with Crippen LogP contribution in [0.2, 0.25) is 5.02 Å². The number of nitriles is 1. The van der Waals surface area contributed by atoms with E-state index in [0.717, 1.165) is 25.0 Å². The zero-order valence-electron chi connectivity index (χ0n) is 16.7. The molecule has 2 heterocycles. The molecule has 3 aromatic rings. The molecule has 11 heteroatoms. The minimum Gasteiger partial charge on any atom is -0.342 e. The van der Waals surface area contributed by atoms with E-state index in [2.05, 4.69) is 20.4 Å². The average molecular weight is 461 g/mol. The molecule has 4 rings (SSSR count). The van der Waals surface area contributed by atoms with Crippen LogP contribution >= 0.6 is 11.6 Å². The summed E-state index contributed by atoms with van der Waals surface area (Å²) >= 11 is 5.79. The van der Waals surface area contributed by atoms with Gasteiger partial charge in [-0.15, -0.1) is 5.10 Å². The fourth-order valence-corrected chi connectivity index (χ4v) is 3.35. The van der Waals surface area contributed by atoms with Crippen LogP contribution in [0.3, 0.4) is 0 Å². The van der Waals surface area contributed by atoms with Gasteiger partial charge in [-0.05, 0) is 50.1 Å². The van der Waals surface area contributed by atoms with Crippen molar-refractivity contribution >= 4 is 17.5 Å². The molecule has 0 radical (unpaired) electrons. The summed E-state index contributed by atoms with van der Waals surface area (Å²) < 4.78 is 40.7. The Morgan fingerprint density at radius 2 is 2.06 bits per heavy atom. The number of rotatable bonds is 5. The van der Waals surface area contributed by atoms with Crippen molar-refractivity contribution in [3.63, 3.8) is 0 Å². The number of aromatic nitrogens is 4. The lowest BCUT2D eigenvalue weighted by Gasteiger charge is -2.15. The van der Waals surface area contributed by atoms with Gasteiger partial charge in [0.2, 0.25) is 0 Å². The van der Waals surface area contributed by atoms with Crippen molar-refractivity contribution in [2.24, 2.45) is 0 Å². The number of carbonyl (C=O) groups excluding carboxylic acids is 1. The van der Waals surface area contributed by atoms with Crippen LogP contribution in [0.15, 0.2) is 36.5 Å². The first-order valence-electron chi connectivity index (χ1n) is 9.67. The molecule has 0 unspecified atom stereocenters. The summed E-state index contributed by atoms with van der Waals surface area (Å²) in [5.41, 5.74) is -0.856. The molecule has 0 aliphatic heterocycles. The first-order valence-corrected chi connectivity index (χ1v) is 10.1. The largest absolute Gasteiger partial charge is 0.416 e. The minimum atomic E-state index is -4.63. The van der Waals surface area contributed by atoms with Gasteiger partial charge in [0, 0.05) is 22.7 Å². The van der Waals surface area contributed by atoms with E-state index in [0.29, 0.717) is 23.0 Å². The van der Waals surface area contributed by atoms with Crippen molar-refractivity contribution in [1.82, 2.24) is 25.1 Å². The maximum atomic E-state index is 13.1. The van der Waals surface area contributed by atoms with E-state index in [1.165, 1.54) is 16.9 Å². The Morgan fingerprint density at radius 3 is 2.66 bits per heavy atom. The lowest BCUT2D eigenvalue weighted by Crippen LogP contribution is -2.29. The topological polar surface area (TPSA) is 96.5 Å². The van der Waals surface area contributed by atoms with Gasteiger partial charge in [0.15, 0.2) is 17.5 Å². The monoisotopic (exact) mass is 460 g/mol. The number of hydrogen-bond donors (Lipinski definition) is 1. The summed E-state index contributed by atoms with van der Waals surface area (Å²) in [6, 6.07) is 7.15. The Labute approximate surface area is 185 Å². The minimum absolute atomic E-state index is 0.196. The standard InChI is InChI=1S/C21H16ClF3N6O/c1-11(28-20(32)14-6-15(21(23,24)25)8-16(22)7-14)19-29-18(13-3-4-13)30-31(19)17-5-2-12(9-26)10-27-17/h2,5-8,10-11,13H,3-4H2,1H3,(H,28,32)/t11-/m0/s1. The van der Waals surface area contributed by atoms with Gasteiger partial charge in [-0.2, -0.15) is 23.1 Å². The van der Waals surface area contributed by atoms with Gasteiger partial charge in [-0.1, -0.05) is 11.6 Å². The number of amides is 1. The third-order valence-electron chi connectivity index (χ3n) is 4.91. The summed E-state index contributed by atoms with van der Waals surface area (Å²) in [5.74, 6) is 0.867. The highest BCUT2D eigenvalue weighted by Crippen LogP contribution is 2.39. The van der Waals surface area contributed by atoms with Crippen LogP contribution in [0.25, 0.3) is 5.82 Å². The third-order valence-corrected chi connectivity index (χ3v) is 5.13. The van der Waals surface area contributed by atoms with Gasteiger partial charge < -0.3 is 5.32 Å². The number of alkyl halides is 3. The van der Waals surface area contributed by atoms with Crippen LogP contribution < -0.4 is 5.32 Å². The van der Waals surface area contributed by atoms with Crippen LogP contribution in [0.4, 0.5) is 13.2 Å². The van der Waals surface area contributed by atoms with Crippen LogP contribution in [0.5, 0.6) is 0 Å². The second-order valence-electron chi connectivity index (χ2n) is 7.45. The highest BCUT2D eigenvalue weighted by Gasteiger charge is 2.33. The SMILES string of the molecule is C[C@H](NC(=O)c1cc(Cl)cc(C(F)(F)F)c1)c1nc(C2CC2)nn1-c1ccc(C#N)cn1. The van der Waals surface area contributed by atoms with Gasteiger partial charge in [0.25, 0.3) is 5.91 Å². The normalized spacial score (nSPS) is 14.6. The predicted molar refractivity (Wildman–Crippen MR) is 108 cm³/mol. The molecular weight excluding hydrogens is 445 g/mol. The molecule has 0 spiro atoms. The fourth-order valence-electron chi connectivity index (χ4n) is 3.11. The number of hydrogen-bond acceptors (Lipinski definition) is 5. The van der Waals surface area contributed by atoms with Crippen molar-refractivity contribution < 1.29 is 18.0 Å². The van der Waals surface area contributed by atoms with Crippen molar-refractivity contribution in [3.8, 4) is 11.9 Å². The van der Waals surface area contributed by atoms with Crippen LogP contribution in [-0.2, 0) is 6.18 Å². The van der Waals surface area contributed by atoms with E-state index in [-0.39, 0.29) is 16.5 Å². The Hall–Kier alpha value is -3.45. The Balaban J connectivity index is 1.63. The molecule has 1 aliphatic carbocycles.